The summed E-state index contributed by atoms with van der Waals surface area (Å²) in [5.41, 5.74) is 0.847. The number of likely N-dealkylation sites (N-methyl/N-ethyl adjacent to an activating group) is 1. The van der Waals surface area contributed by atoms with Gasteiger partial charge in [0, 0.05) is 13.1 Å². The molecule has 0 radical (unpaired) electrons. The molecular weight excluding hydrogens is 355 g/mol. The van der Waals surface area contributed by atoms with Gasteiger partial charge in [0.25, 0.3) is 0 Å². The molecule has 2 rings (SSSR count). The van der Waals surface area contributed by atoms with E-state index in [-0.39, 0.29) is 17.2 Å². The maximum Gasteiger partial charge on any atom is 0.241 e. The van der Waals surface area contributed by atoms with Crippen LogP contribution in [-0.4, -0.2) is 38.4 Å². The van der Waals surface area contributed by atoms with Crippen LogP contribution in [0.4, 0.5) is 4.39 Å². The van der Waals surface area contributed by atoms with E-state index in [9.17, 15) is 17.6 Å². The summed E-state index contributed by atoms with van der Waals surface area (Å²) in [6, 6.07) is 12.8. The fourth-order valence-corrected chi connectivity index (χ4v) is 3.84. The maximum absolute atomic E-state index is 13.1. The van der Waals surface area contributed by atoms with Gasteiger partial charge in [-0.3, -0.25) is 4.79 Å². The fourth-order valence-electron chi connectivity index (χ4n) is 2.65. The highest BCUT2D eigenvalue weighted by atomic mass is 32.2. The van der Waals surface area contributed by atoms with E-state index in [1.54, 1.807) is 4.90 Å². The van der Waals surface area contributed by atoms with Crippen molar-refractivity contribution in [1.29, 1.82) is 0 Å². The maximum atomic E-state index is 13.1. The molecule has 26 heavy (non-hydrogen) atoms. The van der Waals surface area contributed by atoms with E-state index >= 15 is 0 Å². The first kappa shape index (κ1) is 20.1. The van der Waals surface area contributed by atoms with Crippen molar-refractivity contribution >= 4 is 15.9 Å². The number of carbonyl (C=O) groups excluding carboxylic acids is 1. The van der Waals surface area contributed by atoms with Crippen LogP contribution in [0.1, 0.15) is 19.4 Å². The molecule has 0 saturated carbocycles. The Morgan fingerprint density at radius 1 is 1.04 bits per heavy atom. The van der Waals surface area contributed by atoms with Gasteiger partial charge < -0.3 is 4.90 Å². The van der Waals surface area contributed by atoms with Gasteiger partial charge in [-0.2, -0.15) is 4.72 Å². The summed E-state index contributed by atoms with van der Waals surface area (Å²) in [6.45, 7) is 4.66. The highest BCUT2D eigenvalue weighted by Crippen LogP contribution is 2.13. The van der Waals surface area contributed by atoms with E-state index in [1.165, 1.54) is 12.1 Å². The number of amides is 1. The van der Waals surface area contributed by atoms with Gasteiger partial charge in [0.1, 0.15) is 11.9 Å². The number of nitrogens with zero attached hydrogens (tertiary/aromatic N) is 1. The Kier molecular flexibility index (Phi) is 6.88. The largest absolute Gasteiger partial charge is 0.342 e. The van der Waals surface area contributed by atoms with E-state index in [1.807, 2.05) is 44.2 Å². The van der Waals surface area contributed by atoms with Crippen LogP contribution in [0.25, 0.3) is 0 Å². The average Bonchev–Trinajstić information content (AvgIpc) is 2.63. The van der Waals surface area contributed by atoms with Crippen molar-refractivity contribution in [3.63, 3.8) is 0 Å². The Bertz CT molecular complexity index is 820. The van der Waals surface area contributed by atoms with E-state index in [4.69, 9.17) is 0 Å². The van der Waals surface area contributed by atoms with Crippen LogP contribution >= 0.6 is 0 Å². The SMILES string of the molecule is CCN(CC)C(=O)[C@H](Cc1ccccc1)NS(=O)(=O)c1ccc(F)cc1. The fraction of sp³-hybridized carbons (Fsp3) is 0.316. The van der Waals surface area contributed by atoms with Crippen molar-refractivity contribution < 1.29 is 17.6 Å². The highest BCUT2D eigenvalue weighted by Gasteiger charge is 2.28. The van der Waals surface area contributed by atoms with E-state index in [0.29, 0.717) is 13.1 Å². The third-order valence-electron chi connectivity index (χ3n) is 4.08. The summed E-state index contributed by atoms with van der Waals surface area (Å²) in [6.07, 6.45) is 0.233. The van der Waals surface area contributed by atoms with Crippen molar-refractivity contribution in [1.82, 2.24) is 9.62 Å². The molecule has 0 saturated heterocycles. The molecule has 2 aromatic carbocycles. The van der Waals surface area contributed by atoms with Crippen molar-refractivity contribution in [3.05, 3.63) is 66.0 Å². The van der Waals surface area contributed by atoms with Crippen LogP contribution in [0.3, 0.4) is 0 Å². The van der Waals surface area contributed by atoms with Crippen LogP contribution in [-0.2, 0) is 21.2 Å². The van der Waals surface area contributed by atoms with Crippen molar-refractivity contribution in [2.75, 3.05) is 13.1 Å². The first-order valence-electron chi connectivity index (χ1n) is 8.48. The zero-order valence-electron chi connectivity index (χ0n) is 14.9. The molecule has 0 bridgehead atoms. The van der Waals surface area contributed by atoms with Gasteiger partial charge in [-0.05, 0) is 50.1 Å². The third kappa shape index (κ3) is 5.12. The molecule has 0 heterocycles. The second-order valence-electron chi connectivity index (χ2n) is 5.83. The second-order valence-corrected chi connectivity index (χ2v) is 7.54. The standard InChI is InChI=1S/C19H23FN2O3S/c1-3-22(4-2)19(23)18(14-15-8-6-5-7-9-15)21-26(24,25)17-12-10-16(20)11-13-17/h5-13,18,21H,3-4,14H2,1-2H3/t18-/m0/s1. The molecule has 1 amide bonds. The van der Waals surface area contributed by atoms with Crippen LogP contribution < -0.4 is 4.72 Å². The summed E-state index contributed by atoms with van der Waals surface area (Å²) < 4.78 is 40.8. The van der Waals surface area contributed by atoms with Gasteiger partial charge in [0.05, 0.1) is 4.90 Å². The molecule has 1 atom stereocenters. The lowest BCUT2D eigenvalue weighted by atomic mass is 10.1. The number of benzene rings is 2. The first-order valence-corrected chi connectivity index (χ1v) is 9.96. The lowest BCUT2D eigenvalue weighted by Crippen LogP contribution is -2.49. The summed E-state index contributed by atoms with van der Waals surface area (Å²) in [4.78, 5) is 14.3. The van der Waals surface area contributed by atoms with Gasteiger partial charge in [-0.25, -0.2) is 12.8 Å². The van der Waals surface area contributed by atoms with Crippen molar-refractivity contribution in [3.8, 4) is 0 Å². The molecule has 1 N–H and O–H groups in total. The highest BCUT2D eigenvalue weighted by molar-refractivity contribution is 7.89. The molecule has 0 fully saturated rings. The minimum atomic E-state index is -3.96. The molecule has 2 aromatic rings. The van der Waals surface area contributed by atoms with Crippen LogP contribution in [0.2, 0.25) is 0 Å². The van der Waals surface area contributed by atoms with Gasteiger partial charge in [-0.1, -0.05) is 30.3 Å². The van der Waals surface area contributed by atoms with Gasteiger partial charge in [0.15, 0.2) is 0 Å². The predicted octanol–water partition coefficient (Wildman–Crippen LogP) is 2.58. The minimum absolute atomic E-state index is 0.0793. The number of nitrogens with one attached hydrogen (secondary N) is 1. The van der Waals surface area contributed by atoms with Crippen LogP contribution in [0, 0.1) is 5.82 Å². The van der Waals surface area contributed by atoms with E-state index in [2.05, 4.69) is 4.72 Å². The molecule has 0 aliphatic carbocycles. The van der Waals surface area contributed by atoms with Crippen LogP contribution in [0.15, 0.2) is 59.5 Å². The molecule has 0 aromatic heterocycles. The summed E-state index contributed by atoms with van der Waals surface area (Å²) in [5.74, 6) is -0.812. The van der Waals surface area contributed by atoms with Gasteiger partial charge >= 0.3 is 0 Å². The van der Waals surface area contributed by atoms with E-state index < -0.39 is 21.9 Å². The molecule has 0 spiro atoms. The molecule has 7 heteroatoms. The number of hydrogen-bond acceptors (Lipinski definition) is 3. The Balaban J connectivity index is 2.30. The average molecular weight is 378 g/mol. The topological polar surface area (TPSA) is 66.5 Å². The number of rotatable bonds is 8. The molecular formula is C19H23FN2O3S. The molecule has 5 nitrogen and oxygen atoms in total. The normalized spacial score (nSPS) is 12.6. The Morgan fingerprint density at radius 2 is 1.62 bits per heavy atom. The number of sulfonamides is 1. The van der Waals surface area contributed by atoms with Crippen LogP contribution in [0.5, 0.6) is 0 Å². The first-order chi connectivity index (χ1) is 12.4. The molecule has 0 aliphatic heterocycles. The van der Waals surface area contributed by atoms with Gasteiger partial charge in [0.2, 0.25) is 15.9 Å². The number of carbonyl (C=O) groups is 1. The number of halogens is 1. The van der Waals surface area contributed by atoms with E-state index in [0.717, 1.165) is 17.7 Å². The van der Waals surface area contributed by atoms with Crippen molar-refractivity contribution in [2.45, 2.75) is 31.2 Å². The minimum Gasteiger partial charge on any atom is -0.342 e. The zero-order valence-corrected chi connectivity index (χ0v) is 15.7. The summed E-state index contributed by atoms with van der Waals surface area (Å²) in [7, 11) is -3.96. The van der Waals surface area contributed by atoms with Crippen molar-refractivity contribution in [2.24, 2.45) is 0 Å². The lowest BCUT2D eigenvalue weighted by Gasteiger charge is -2.26. The summed E-state index contributed by atoms with van der Waals surface area (Å²) in [5, 5.41) is 0. The quantitative estimate of drug-likeness (QED) is 0.768. The zero-order chi connectivity index (χ0) is 19.2. The Hall–Kier alpha value is -2.25. The number of hydrogen-bond donors (Lipinski definition) is 1. The molecule has 140 valence electrons. The Morgan fingerprint density at radius 3 is 2.15 bits per heavy atom. The monoisotopic (exact) mass is 378 g/mol. The Labute approximate surface area is 153 Å². The predicted molar refractivity (Wildman–Crippen MR) is 98.6 cm³/mol. The second kappa shape index (κ2) is 8.91. The molecule has 0 unspecified atom stereocenters. The summed E-state index contributed by atoms with van der Waals surface area (Å²) >= 11 is 0. The smallest absolute Gasteiger partial charge is 0.241 e. The third-order valence-corrected chi connectivity index (χ3v) is 5.56. The van der Waals surface area contributed by atoms with Gasteiger partial charge in [-0.15, -0.1) is 0 Å². The lowest BCUT2D eigenvalue weighted by molar-refractivity contribution is -0.132. The molecule has 0 aliphatic rings.